The summed E-state index contributed by atoms with van der Waals surface area (Å²) in [6, 6.07) is 19.9. The third-order valence-electron chi connectivity index (χ3n) is 6.09. The molecule has 1 aliphatic heterocycles. The molecule has 1 heterocycles. The quantitative estimate of drug-likeness (QED) is 0.0742. The first-order valence-electron chi connectivity index (χ1n) is 11.8. The van der Waals surface area contributed by atoms with Crippen molar-refractivity contribution in [1.29, 1.82) is 0 Å². The zero-order valence-electron chi connectivity index (χ0n) is 20.7. The highest BCUT2D eigenvalue weighted by Gasteiger charge is 2.39. The fourth-order valence-electron chi connectivity index (χ4n) is 4.07. The van der Waals surface area contributed by atoms with Gasteiger partial charge in [-0.2, -0.15) is 0 Å². The summed E-state index contributed by atoms with van der Waals surface area (Å²) >= 11 is 12.0. The van der Waals surface area contributed by atoms with Crippen molar-refractivity contribution in [1.82, 2.24) is 0 Å². The Bertz CT molecular complexity index is 1700. The monoisotopic (exact) mass is 590 g/mol. The van der Waals surface area contributed by atoms with E-state index in [0.29, 0.717) is 11.5 Å². The van der Waals surface area contributed by atoms with Gasteiger partial charge in [-0.3, -0.25) is 24.5 Å². The molecule has 0 spiro atoms. The van der Waals surface area contributed by atoms with E-state index in [0.717, 1.165) is 4.90 Å². The highest BCUT2D eigenvalue weighted by atomic mass is 35.5. The maximum Gasteiger partial charge on any atom is 0.340 e. The molecule has 204 valence electrons. The Morgan fingerprint density at radius 2 is 1.34 bits per heavy atom. The zero-order chi connectivity index (χ0) is 29.3. The summed E-state index contributed by atoms with van der Waals surface area (Å²) < 4.78 is 10.8. The number of nitro groups is 1. The van der Waals surface area contributed by atoms with Gasteiger partial charge in [0, 0.05) is 17.7 Å². The van der Waals surface area contributed by atoms with Crippen LogP contribution in [-0.2, 0) is 4.74 Å². The predicted molar refractivity (Wildman–Crippen MR) is 148 cm³/mol. The second-order valence-electron chi connectivity index (χ2n) is 8.65. The van der Waals surface area contributed by atoms with E-state index in [1.807, 2.05) is 0 Å². The lowest BCUT2D eigenvalue weighted by Gasteiger charge is -2.17. The van der Waals surface area contributed by atoms with Crippen LogP contribution in [-0.4, -0.2) is 35.1 Å². The number of benzene rings is 4. The van der Waals surface area contributed by atoms with Crippen LogP contribution in [0.15, 0.2) is 84.9 Å². The number of ether oxygens (including phenoxy) is 2. The number of para-hydroxylation sites is 1. The topological polar surface area (TPSA) is 133 Å². The second-order valence-corrected chi connectivity index (χ2v) is 9.47. The van der Waals surface area contributed by atoms with Crippen molar-refractivity contribution in [3.05, 3.63) is 127 Å². The van der Waals surface area contributed by atoms with Crippen molar-refractivity contribution in [2.45, 2.75) is 0 Å². The van der Waals surface area contributed by atoms with Crippen LogP contribution >= 0.6 is 23.2 Å². The number of ketones is 1. The molecule has 0 fully saturated rings. The SMILES string of the molecule is O=C(COC(=O)c1ccccc1N1C(=O)c2cc(Cl)c(Cl)cc2C1=O)c1ccc(Oc2ccc([N+](=O)[O-])cc2)cc1. The van der Waals surface area contributed by atoms with E-state index in [2.05, 4.69) is 0 Å². The van der Waals surface area contributed by atoms with Gasteiger partial charge in [0.2, 0.25) is 0 Å². The fraction of sp³-hybridized carbons (Fsp3) is 0.0345. The van der Waals surface area contributed by atoms with Crippen LogP contribution in [0.5, 0.6) is 11.5 Å². The van der Waals surface area contributed by atoms with E-state index in [-0.39, 0.29) is 43.7 Å². The van der Waals surface area contributed by atoms with Crippen molar-refractivity contribution in [3.8, 4) is 11.5 Å². The van der Waals surface area contributed by atoms with Crippen LogP contribution in [0.2, 0.25) is 10.0 Å². The summed E-state index contributed by atoms with van der Waals surface area (Å²) in [6.07, 6.45) is 0. The average Bonchev–Trinajstić information content (AvgIpc) is 3.20. The van der Waals surface area contributed by atoms with Gasteiger partial charge in [-0.15, -0.1) is 0 Å². The van der Waals surface area contributed by atoms with Crippen molar-refractivity contribution in [2.75, 3.05) is 11.5 Å². The van der Waals surface area contributed by atoms with E-state index >= 15 is 0 Å². The fourth-order valence-corrected chi connectivity index (χ4v) is 4.39. The van der Waals surface area contributed by atoms with Crippen LogP contribution < -0.4 is 9.64 Å². The summed E-state index contributed by atoms with van der Waals surface area (Å²) in [5, 5.41) is 11.0. The number of anilines is 1. The van der Waals surface area contributed by atoms with E-state index in [1.165, 1.54) is 78.9 Å². The number of carbonyl (C=O) groups excluding carboxylic acids is 4. The Kier molecular flexibility index (Phi) is 7.52. The molecule has 0 radical (unpaired) electrons. The molecule has 2 amide bonds. The molecule has 4 aromatic rings. The van der Waals surface area contributed by atoms with Crippen molar-refractivity contribution in [2.24, 2.45) is 0 Å². The molecule has 1 aliphatic rings. The van der Waals surface area contributed by atoms with Crippen LogP contribution in [0.4, 0.5) is 11.4 Å². The minimum atomic E-state index is -0.917. The molecule has 0 saturated carbocycles. The molecule has 12 heteroatoms. The number of Topliss-reactive ketones (excluding diaryl/α,β-unsaturated/α-hetero) is 1. The third kappa shape index (κ3) is 5.51. The molecule has 4 aromatic carbocycles. The van der Waals surface area contributed by atoms with Gasteiger partial charge in [0.05, 0.1) is 37.3 Å². The Balaban J connectivity index is 1.25. The molecule has 0 atom stereocenters. The van der Waals surface area contributed by atoms with Gasteiger partial charge in [-0.25, -0.2) is 9.69 Å². The Morgan fingerprint density at radius 3 is 1.90 bits per heavy atom. The molecule has 5 rings (SSSR count). The van der Waals surface area contributed by atoms with Crippen molar-refractivity contribution >= 4 is 58.1 Å². The largest absolute Gasteiger partial charge is 0.457 e. The number of fused-ring (bicyclic) bond motifs is 1. The second kappa shape index (κ2) is 11.2. The summed E-state index contributed by atoms with van der Waals surface area (Å²) in [7, 11) is 0. The first kappa shape index (κ1) is 27.5. The van der Waals surface area contributed by atoms with Gasteiger partial charge in [0.15, 0.2) is 12.4 Å². The lowest BCUT2D eigenvalue weighted by Crippen LogP contribution is -2.31. The number of halogens is 2. The molecule has 0 aliphatic carbocycles. The number of non-ortho nitro benzene ring substituents is 1. The normalized spacial score (nSPS) is 12.2. The maximum absolute atomic E-state index is 13.0. The van der Waals surface area contributed by atoms with E-state index in [4.69, 9.17) is 32.7 Å². The highest BCUT2D eigenvalue weighted by Crippen LogP contribution is 2.35. The molecule has 10 nitrogen and oxygen atoms in total. The number of imide groups is 1. The standard InChI is InChI=1S/C29H16Cl2N2O8/c30-23-13-21-22(14-24(23)31)28(36)32(27(21)35)25-4-2-1-3-20(25)29(37)40-15-26(34)16-5-9-18(10-6-16)41-19-11-7-17(8-12-19)33(38)39/h1-14H,15H2. The Morgan fingerprint density at radius 1 is 0.805 bits per heavy atom. The van der Waals surface area contributed by atoms with E-state index in [1.54, 1.807) is 6.07 Å². The minimum Gasteiger partial charge on any atom is -0.457 e. The lowest BCUT2D eigenvalue weighted by molar-refractivity contribution is -0.384. The summed E-state index contributed by atoms with van der Waals surface area (Å²) in [5.74, 6) is -2.05. The molecule has 0 saturated heterocycles. The minimum absolute atomic E-state index is 0.0175. The Labute approximate surface area is 241 Å². The third-order valence-corrected chi connectivity index (χ3v) is 6.81. The van der Waals surface area contributed by atoms with Gasteiger partial charge in [-0.05, 0) is 60.7 Å². The number of esters is 1. The maximum atomic E-state index is 13.0. The number of hydrogen-bond acceptors (Lipinski definition) is 8. The lowest BCUT2D eigenvalue weighted by atomic mass is 10.1. The van der Waals surface area contributed by atoms with Gasteiger partial charge in [0.25, 0.3) is 17.5 Å². The molecule has 0 N–H and O–H groups in total. The summed E-state index contributed by atoms with van der Waals surface area (Å²) in [5.41, 5.74) is 0.132. The zero-order valence-corrected chi connectivity index (χ0v) is 22.2. The summed E-state index contributed by atoms with van der Waals surface area (Å²) in [6.45, 7) is -0.608. The number of nitrogens with zero attached hydrogens (tertiary/aromatic N) is 2. The number of rotatable bonds is 8. The van der Waals surface area contributed by atoms with Crippen LogP contribution in [0.3, 0.4) is 0 Å². The van der Waals surface area contributed by atoms with E-state index in [9.17, 15) is 29.3 Å². The van der Waals surface area contributed by atoms with Gasteiger partial charge >= 0.3 is 5.97 Å². The smallest absolute Gasteiger partial charge is 0.340 e. The molecule has 41 heavy (non-hydrogen) atoms. The molecular formula is C29H16Cl2N2O8. The van der Waals surface area contributed by atoms with Crippen LogP contribution in [0.1, 0.15) is 41.4 Å². The van der Waals surface area contributed by atoms with Crippen molar-refractivity contribution < 1.29 is 33.6 Å². The number of carbonyl (C=O) groups is 4. The van der Waals surface area contributed by atoms with Gasteiger partial charge in [0.1, 0.15) is 11.5 Å². The average molecular weight is 591 g/mol. The highest BCUT2D eigenvalue weighted by molar-refractivity contribution is 6.44. The molecule has 0 unspecified atom stereocenters. The van der Waals surface area contributed by atoms with E-state index < -0.39 is 35.1 Å². The number of amides is 2. The Hall–Kier alpha value is -5.06. The number of nitro benzene ring substituents is 1. The number of hydrogen-bond donors (Lipinski definition) is 0. The van der Waals surface area contributed by atoms with Crippen LogP contribution in [0, 0.1) is 10.1 Å². The molecule has 0 aromatic heterocycles. The first-order valence-corrected chi connectivity index (χ1v) is 12.6. The molecule has 0 bridgehead atoms. The molecular weight excluding hydrogens is 575 g/mol. The predicted octanol–water partition coefficient (Wildman–Crippen LogP) is 6.53. The summed E-state index contributed by atoms with van der Waals surface area (Å²) in [4.78, 5) is 62.8. The van der Waals surface area contributed by atoms with Gasteiger partial charge in [-0.1, -0.05) is 35.3 Å². The van der Waals surface area contributed by atoms with Crippen molar-refractivity contribution in [3.63, 3.8) is 0 Å². The first-order chi connectivity index (χ1) is 19.6. The van der Waals surface area contributed by atoms with Gasteiger partial charge < -0.3 is 9.47 Å². The van der Waals surface area contributed by atoms with Crippen LogP contribution in [0.25, 0.3) is 0 Å².